The fourth-order valence-electron chi connectivity index (χ4n) is 10.2. The third kappa shape index (κ3) is 6.40. The van der Waals surface area contributed by atoms with Gasteiger partial charge in [-0.2, -0.15) is 0 Å². The van der Waals surface area contributed by atoms with Gasteiger partial charge < -0.3 is 14.1 Å². The average Bonchev–Trinajstić information content (AvgIpc) is 3.67. The van der Waals surface area contributed by atoms with E-state index in [4.69, 9.17) is 4.42 Å². The van der Waals surface area contributed by atoms with Gasteiger partial charge in [-0.05, 0) is 115 Å². The maximum Gasteiger partial charge on any atom is 0.333 e. The van der Waals surface area contributed by atoms with Crippen LogP contribution >= 0.6 is 0 Å². The summed E-state index contributed by atoms with van der Waals surface area (Å²) in [7, 11) is 0. The molecule has 2 aliphatic heterocycles. The molecular weight excluding hydrogens is 775 g/mol. The number of furan rings is 1. The highest BCUT2D eigenvalue weighted by atomic mass is 16.3. The zero-order valence-electron chi connectivity index (χ0n) is 38.5. The van der Waals surface area contributed by atoms with Crippen molar-refractivity contribution < 1.29 is 4.42 Å². The molecule has 0 unspecified atom stereocenters. The Balaban J connectivity index is 1.31. The molecule has 314 valence electrons. The molecule has 0 amide bonds. The SMILES string of the molecule is CC(C)(C)c1ccc(N2B3c4ccc5oc6ccccc6c5c4N(c4ccc(C(C)(C)C)cc4-c4ccccc4)c4cc(C(C)(C)C)cc(c43)-c3ccc(-c4ccccc4)cc32)cc1. The van der Waals surface area contributed by atoms with Crippen molar-refractivity contribution in [2.75, 3.05) is 9.71 Å². The van der Waals surface area contributed by atoms with Crippen molar-refractivity contribution in [3.8, 4) is 33.4 Å². The Kier molecular flexibility index (Phi) is 8.99. The van der Waals surface area contributed by atoms with Crippen LogP contribution in [0.15, 0.2) is 174 Å². The lowest BCUT2D eigenvalue weighted by atomic mass is 9.43. The summed E-state index contributed by atoms with van der Waals surface area (Å²) in [5, 5.41) is 2.25. The van der Waals surface area contributed by atoms with E-state index in [9.17, 15) is 0 Å². The molecule has 11 rings (SSSR count). The Morgan fingerprint density at radius 1 is 0.422 bits per heavy atom. The van der Waals surface area contributed by atoms with Gasteiger partial charge >= 0.3 is 6.85 Å². The average molecular weight is 831 g/mol. The fraction of sp³-hybridized carbons (Fsp3) is 0.200. The first-order valence-corrected chi connectivity index (χ1v) is 22.9. The van der Waals surface area contributed by atoms with Crippen molar-refractivity contribution >= 4 is 68.1 Å². The second-order valence-corrected chi connectivity index (χ2v) is 21.0. The smallest absolute Gasteiger partial charge is 0.333 e. The molecule has 9 aromatic rings. The summed E-state index contributed by atoms with van der Waals surface area (Å²) in [6.45, 7) is 20.7. The van der Waals surface area contributed by atoms with Gasteiger partial charge in [0.1, 0.15) is 11.2 Å². The van der Waals surface area contributed by atoms with Crippen LogP contribution in [-0.2, 0) is 16.2 Å². The van der Waals surface area contributed by atoms with E-state index in [0.717, 1.165) is 39.0 Å². The third-order valence-corrected chi connectivity index (χ3v) is 13.7. The molecule has 3 nitrogen and oxygen atoms in total. The minimum Gasteiger partial charge on any atom is -0.456 e. The Morgan fingerprint density at radius 2 is 1.05 bits per heavy atom. The van der Waals surface area contributed by atoms with Crippen molar-refractivity contribution in [2.45, 2.75) is 78.6 Å². The van der Waals surface area contributed by atoms with Crippen LogP contribution < -0.4 is 20.6 Å². The topological polar surface area (TPSA) is 19.6 Å². The second kappa shape index (κ2) is 14.4. The Bertz CT molecular complexity index is 3270. The molecule has 0 saturated carbocycles. The monoisotopic (exact) mass is 830 g/mol. The number of benzene rings is 8. The zero-order valence-corrected chi connectivity index (χ0v) is 38.5. The number of rotatable bonds is 4. The second-order valence-electron chi connectivity index (χ2n) is 21.0. The summed E-state index contributed by atoms with van der Waals surface area (Å²) in [4.78, 5) is 5.26. The molecule has 0 atom stereocenters. The molecule has 2 aliphatic rings. The standard InChI is InChI=1S/C60H55BN2O/c1-58(2,3)41-25-28-44(29-26-41)63-51-34-40(38-18-12-10-13-19-38)24-30-45(51)48-36-43(60(7,8)9)37-52-56(48)61(63)49-31-33-54-55(46-22-16-17-23-53(46)64-54)57(49)62(52)50-32-27-42(59(4,5)6)35-47(50)39-20-14-11-15-21-39/h10-37H,1-9H3. The molecule has 0 fully saturated rings. The van der Waals surface area contributed by atoms with Crippen molar-refractivity contribution in [1.82, 2.24) is 0 Å². The highest BCUT2D eigenvalue weighted by molar-refractivity contribution is 6.94. The molecule has 0 aliphatic carbocycles. The minimum atomic E-state index is -0.156. The van der Waals surface area contributed by atoms with Crippen LogP contribution in [0.25, 0.3) is 55.3 Å². The van der Waals surface area contributed by atoms with Gasteiger partial charge in [-0.1, -0.05) is 184 Å². The first kappa shape index (κ1) is 40.0. The van der Waals surface area contributed by atoms with Gasteiger partial charge in [0.05, 0.1) is 16.8 Å². The number of anilines is 5. The van der Waals surface area contributed by atoms with E-state index in [2.05, 4.69) is 242 Å². The fourth-order valence-corrected chi connectivity index (χ4v) is 10.2. The summed E-state index contributed by atoms with van der Waals surface area (Å²) >= 11 is 0. The van der Waals surface area contributed by atoms with Crippen molar-refractivity contribution in [1.29, 1.82) is 0 Å². The van der Waals surface area contributed by atoms with Gasteiger partial charge in [0.15, 0.2) is 0 Å². The first-order valence-electron chi connectivity index (χ1n) is 22.9. The van der Waals surface area contributed by atoms with Gasteiger partial charge in [-0.3, -0.25) is 0 Å². The third-order valence-electron chi connectivity index (χ3n) is 13.7. The van der Waals surface area contributed by atoms with Gasteiger partial charge in [-0.25, -0.2) is 0 Å². The van der Waals surface area contributed by atoms with Crippen LogP contribution in [0.3, 0.4) is 0 Å². The Morgan fingerprint density at radius 3 is 1.73 bits per heavy atom. The first-order chi connectivity index (χ1) is 30.6. The van der Waals surface area contributed by atoms with E-state index in [1.54, 1.807) is 0 Å². The zero-order chi connectivity index (χ0) is 44.3. The number of para-hydroxylation sites is 1. The normalized spacial score (nSPS) is 13.6. The van der Waals surface area contributed by atoms with E-state index in [0.29, 0.717) is 0 Å². The number of nitrogens with zero attached hydrogens (tertiary/aromatic N) is 2. The largest absolute Gasteiger partial charge is 0.456 e. The van der Waals surface area contributed by atoms with E-state index < -0.39 is 0 Å². The molecule has 8 aromatic carbocycles. The molecular formula is C60H55BN2O. The van der Waals surface area contributed by atoms with Crippen LogP contribution in [0.4, 0.5) is 28.4 Å². The molecule has 0 radical (unpaired) electrons. The highest BCUT2D eigenvalue weighted by Gasteiger charge is 2.47. The molecule has 0 N–H and O–H groups in total. The molecule has 0 bridgehead atoms. The predicted octanol–water partition coefficient (Wildman–Crippen LogP) is 15.5. The summed E-state index contributed by atoms with van der Waals surface area (Å²) in [5.74, 6) is 0. The Labute approximate surface area is 379 Å². The van der Waals surface area contributed by atoms with Crippen molar-refractivity contribution in [2.24, 2.45) is 0 Å². The lowest BCUT2D eigenvalue weighted by Gasteiger charge is -2.47. The van der Waals surface area contributed by atoms with Gasteiger partial charge in [0.2, 0.25) is 0 Å². The number of fused-ring (bicyclic) bond motifs is 8. The van der Waals surface area contributed by atoms with Gasteiger partial charge in [0.25, 0.3) is 0 Å². The molecule has 0 saturated heterocycles. The molecule has 4 heteroatoms. The number of hydrogen-bond acceptors (Lipinski definition) is 3. The van der Waals surface area contributed by atoms with E-state index in [1.165, 1.54) is 72.4 Å². The highest BCUT2D eigenvalue weighted by Crippen LogP contribution is 2.53. The maximum atomic E-state index is 6.79. The van der Waals surface area contributed by atoms with Gasteiger partial charge in [-0.15, -0.1) is 0 Å². The van der Waals surface area contributed by atoms with E-state index in [1.807, 2.05) is 0 Å². The van der Waals surface area contributed by atoms with Crippen molar-refractivity contribution in [3.63, 3.8) is 0 Å². The van der Waals surface area contributed by atoms with E-state index >= 15 is 0 Å². The predicted molar refractivity (Wildman–Crippen MR) is 274 cm³/mol. The molecule has 0 spiro atoms. The maximum absolute atomic E-state index is 6.79. The Hall–Kier alpha value is -6.78. The van der Waals surface area contributed by atoms with Crippen LogP contribution in [0.2, 0.25) is 0 Å². The van der Waals surface area contributed by atoms with Crippen LogP contribution in [-0.4, -0.2) is 6.85 Å². The lowest BCUT2D eigenvalue weighted by molar-refractivity contribution is 0.590. The summed E-state index contributed by atoms with van der Waals surface area (Å²) in [6, 6.07) is 63.6. The van der Waals surface area contributed by atoms with Crippen LogP contribution in [0, 0.1) is 0 Å². The van der Waals surface area contributed by atoms with Gasteiger partial charge in [0, 0.05) is 33.6 Å². The molecule has 3 heterocycles. The summed E-state index contributed by atoms with van der Waals surface area (Å²) in [6.07, 6.45) is 0. The minimum absolute atomic E-state index is 0.0207. The summed E-state index contributed by atoms with van der Waals surface area (Å²) < 4.78 is 6.79. The quantitative estimate of drug-likeness (QED) is 0.165. The molecule has 64 heavy (non-hydrogen) atoms. The van der Waals surface area contributed by atoms with E-state index in [-0.39, 0.29) is 23.1 Å². The summed E-state index contributed by atoms with van der Waals surface area (Å²) in [5.41, 5.74) is 21.3. The lowest BCUT2D eigenvalue weighted by Crippen LogP contribution is -2.61. The van der Waals surface area contributed by atoms with Crippen LogP contribution in [0.1, 0.15) is 79.0 Å². The molecule has 1 aromatic heterocycles. The van der Waals surface area contributed by atoms with Crippen LogP contribution in [0.5, 0.6) is 0 Å². The number of hydrogen-bond donors (Lipinski definition) is 0. The van der Waals surface area contributed by atoms with Crippen molar-refractivity contribution in [3.05, 3.63) is 187 Å².